The van der Waals surface area contributed by atoms with Gasteiger partial charge >= 0.3 is 0 Å². The second kappa shape index (κ2) is 6.34. The Hall–Kier alpha value is -2.84. The Morgan fingerprint density at radius 3 is 2.50 bits per heavy atom. The zero-order valence-electron chi connectivity index (χ0n) is 13.0. The highest BCUT2D eigenvalue weighted by atomic mass is 32.2. The summed E-state index contributed by atoms with van der Waals surface area (Å²) in [6, 6.07) is 17.2. The van der Waals surface area contributed by atoms with Gasteiger partial charge in [0.1, 0.15) is 22.8 Å². The van der Waals surface area contributed by atoms with Crippen LogP contribution in [0.4, 0.5) is 0 Å². The van der Waals surface area contributed by atoms with Crippen LogP contribution in [0.5, 0.6) is 5.75 Å². The smallest absolute Gasteiger partial charge is 0.216 e. The number of hydrogen-bond acceptors (Lipinski definition) is 4. The second-order valence-electron chi connectivity index (χ2n) is 5.38. The summed E-state index contributed by atoms with van der Waals surface area (Å²) < 4.78 is 31.1. The maximum atomic E-state index is 12.6. The summed E-state index contributed by atoms with van der Waals surface area (Å²) in [7, 11) is -3.85. The van der Waals surface area contributed by atoms with Crippen LogP contribution in [0.2, 0.25) is 0 Å². The molecule has 1 atom stereocenters. The molecule has 3 rings (SSSR count). The largest absolute Gasteiger partial charge is 0.485 e. The van der Waals surface area contributed by atoms with Crippen LogP contribution in [-0.4, -0.2) is 14.5 Å². The van der Waals surface area contributed by atoms with E-state index in [1.54, 1.807) is 18.2 Å². The van der Waals surface area contributed by atoms with Gasteiger partial charge in [0, 0.05) is 5.56 Å². The fourth-order valence-electron chi connectivity index (χ4n) is 2.47. The SMILES string of the molecule is C[C@H]1Oc2ccccc2C=C1/C=C(/C#N)S(=O)(=O)c1ccccc1. The van der Waals surface area contributed by atoms with Crippen LogP contribution in [0.1, 0.15) is 12.5 Å². The van der Waals surface area contributed by atoms with Crippen molar-refractivity contribution in [2.24, 2.45) is 0 Å². The fraction of sp³-hybridized carbons (Fsp3) is 0.105. The lowest BCUT2D eigenvalue weighted by atomic mass is 10.0. The van der Waals surface area contributed by atoms with Gasteiger partial charge < -0.3 is 4.74 Å². The summed E-state index contributed by atoms with van der Waals surface area (Å²) in [4.78, 5) is -0.196. The number of sulfone groups is 1. The zero-order valence-corrected chi connectivity index (χ0v) is 13.8. The number of nitrogens with zero attached hydrogens (tertiary/aromatic N) is 1. The molecule has 2 aromatic rings. The van der Waals surface area contributed by atoms with Gasteiger partial charge in [0.05, 0.1) is 4.90 Å². The van der Waals surface area contributed by atoms with Crippen LogP contribution >= 0.6 is 0 Å². The molecule has 2 aromatic carbocycles. The van der Waals surface area contributed by atoms with E-state index < -0.39 is 9.84 Å². The van der Waals surface area contributed by atoms with Crippen LogP contribution in [-0.2, 0) is 9.84 Å². The van der Waals surface area contributed by atoms with E-state index in [2.05, 4.69) is 0 Å². The van der Waals surface area contributed by atoms with Gasteiger partial charge in [0.2, 0.25) is 9.84 Å². The van der Waals surface area contributed by atoms with Gasteiger partial charge in [-0.3, -0.25) is 0 Å². The molecule has 0 N–H and O–H groups in total. The Bertz CT molecular complexity index is 967. The van der Waals surface area contributed by atoms with Crippen molar-refractivity contribution in [3.63, 3.8) is 0 Å². The molecule has 120 valence electrons. The molecule has 4 nitrogen and oxygen atoms in total. The molecule has 0 bridgehead atoms. The summed E-state index contributed by atoms with van der Waals surface area (Å²) >= 11 is 0. The first kappa shape index (κ1) is 16.0. The minimum atomic E-state index is -3.85. The minimum absolute atomic E-state index is 0.100. The summed E-state index contributed by atoms with van der Waals surface area (Å²) in [5.41, 5.74) is 1.50. The van der Waals surface area contributed by atoms with Crippen LogP contribution in [0.15, 0.2) is 76.0 Å². The van der Waals surface area contributed by atoms with E-state index in [1.807, 2.05) is 43.3 Å². The van der Waals surface area contributed by atoms with Gasteiger partial charge in [-0.05, 0) is 42.8 Å². The Morgan fingerprint density at radius 1 is 1.12 bits per heavy atom. The van der Waals surface area contributed by atoms with Crippen molar-refractivity contribution in [1.29, 1.82) is 5.26 Å². The Kier molecular flexibility index (Phi) is 4.24. The van der Waals surface area contributed by atoms with Gasteiger partial charge in [-0.1, -0.05) is 36.4 Å². The van der Waals surface area contributed by atoms with Crippen LogP contribution < -0.4 is 4.74 Å². The third-order valence-corrected chi connectivity index (χ3v) is 5.45. The first-order valence-corrected chi connectivity index (χ1v) is 8.90. The minimum Gasteiger partial charge on any atom is -0.485 e. The molecule has 1 aliphatic heterocycles. The van der Waals surface area contributed by atoms with Crippen molar-refractivity contribution in [3.8, 4) is 11.8 Å². The predicted molar refractivity (Wildman–Crippen MR) is 91.8 cm³/mol. The van der Waals surface area contributed by atoms with Gasteiger partial charge in [-0.2, -0.15) is 5.26 Å². The lowest BCUT2D eigenvalue weighted by Crippen LogP contribution is -2.18. The fourth-order valence-corrected chi connectivity index (χ4v) is 3.65. The number of benzene rings is 2. The summed E-state index contributed by atoms with van der Waals surface area (Å²) in [6.07, 6.45) is 2.90. The molecule has 24 heavy (non-hydrogen) atoms. The highest BCUT2D eigenvalue weighted by molar-refractivity contribution is 7.95. The van der Waals surface area contributed by atoms with Crippen LogP contribution in [0, 0.1) is 11.3 Å². The first-order chi connectivity index (χ1) is 11.5. The number of rotatable bonds is 3. The maximum absolute atomic E-state index is 12.6. The molecule has 0 aromatic heterocycles. The highest BCUT2D eigenvalue weighted by Crippen LogP contribution is 2.31. The number of nitriles is 1. The lowest BCUT2D eigenvalue weighted by molar-refractivity contribution is 0.257. The Balaban J connectivity index is 2.06. The van der Waals surface area contributed by atoms with E-state index in [1.165, 1.54) is 18.2 Å². The van der Waals surface area contributed by atoms with E-state index >= 15 is 0 Å². The second-order valence-corrected chi connectivity index (χ2v) is 7.30. The van der Waals surface area contributed by atoms with Crippen LogP contribution in [0.25, 0.3) is 6.08 Å². The third-order valence-electron chi connectivity index (χ3n) is 3.77. The predicted octanol–water partition coefficient (Wildman–Crippen LogP) is 3.73. The summed E-state index contributed by atoms with van der Waals surface area (Å²) in [5.74, 6) is 0.742. The monoisotopic (exact) mass is 337 g/mol. The lowest BCUT2D eigenvalue weighted by Gasteiger charge is -2.23. The van der Waals surface area contributed by atoms with Gasteiger partial charge in [-0.15, -0.1) is 0 Å². The van der Waals surface area contributed by atoms with E-state index in [-0.39, 0.29) is 15.9 Å². The molecule has 5 heteroatoms. The summed E-state index contributed by atoms with van der Waals surface area (Å²) in [5, 5.41) is 9.37. The van der Waals surface area contributed by atoms with E-state index in [0.29, 0.717) is 5.57 Å². The zero-order chi connectivity index (χ0) is 17.2. The molecule has 1 aliphatic rings. The number of hydrogen-bond donors (Lipinski definition) is 0. The summed E-state index contributed by atoms with van der Waals surface area (Å²) in [6.45, 7) is 1.82. The van der Waals surface area contributed by atoms with Crippen molar-refractivity contribution in [1.82, 2.24) is 0 Å². The van der Waals surface area contributed by atoms with Crippen molar-refractivity contribution >= 4 is 15.9 Å². The first-order valence-electron chi connectivity index (χ1n) is 7.41. The van der Waals surface area contributed by atoms with Crippen LogP contribution in [0.3, 0.4) is 0 Å². The van der Waals surface area contributed by atoms with Gasteiger partial charge in [0.15, 0.2) is 0 Å². The number of fused-ring (bicyclic) bond motifs is 1. The molecule has 0 amide bonds. The quantitative estimate of drug-likeness (QED) is 0.800. The van der Waals surface area contributed by atoms with Crippen molar-refractivity contribution < 1.29 is 13.2 Å². The van der Waals surface area contributed by atoms with E-state index in [4.69, 9.17) is 4.74 Å². The maximum Gasteiger partial charge on any atom is 0.216 e. The van der Waals surface area contributed by atoms with Crippen molar-refractivity contribution in [2.45, 2.75) is 17.9 Å². The standard InChI is InChI=1S/C19H15NO3S/c1-14-16(11-15-7-5-6-10-19(15)23-14)12-18(13-20)24(21,22)17-8-3-2-4-9-17/h2-12,14H,1H3/b18-12-/t14-/m1/s1. The molecule has 0 radical (unpaired) electrons. The molecule has 0 spiro atoms. The van der Waals surface area contributed by atoms with E-state index in [0.717, 1.165) is 11.3 Å². The number of ether oxygens (including phenoxy) is 1. The van der Waals surface area contributed by atoms with E-state index in [9.17, 15) is 13.7 Å². The average molecular weight is 337 g/mol. The number of para-hydroxylation sites is 1. The Labute approximate surface area is 141 Å². The molecule has 0 fully saturated rings. The molecule has 1 heterocycles. The normalized spacial score (nSPS) is 17.2. The molecule has 0 saturated heterocycles. The van der Waals surface area contributed by atoms with Gasteiger partial charge in [0.25, 0.3) is 0 Å². The van der Waals surface area contributed by atoms with Gasteiger partial charge in [-0.25, -0.2) is 8.42 Å². The number of allylic oxidation sites excluding steroid dienone is 1. The highest BCUT2D eigenvalue weighted by Gasteiger charge is 2.24. The molecular formula is C19H15NO3S. The molecular weight excluding hydrogens is 322 g/mol. The molecule has 0 unspecified atom stereocenters. The molecule has 0 saturated carbocycles. The third kappa shape index (κ3) is 2.97. The van der Waals surface area contributed by atoms with Crippen molar-refractivity contribution in [3.05, 3.63) is 76.7 Å². The average Bonchev–Trinajstić information content (AvgIpc) is 2.60. The molecule has 0 aliphatic carbocycles. The van der Waals surface area contributed by atoms with Crippen molar-refractivity contribution in [2.75, 3.05) is 0 Å². The topological polar surface area (TPSA) is 67.2 Å². The Morgan fingerprint density at radius 2 is 1.79 bits per heavy atom.